The number of piperidine rings is 1. The molecule has 0 aromatic heterocycles. The van der Waals surface area contributed by atoms with Gasteiger partial charge in [-0.25, -0.2) is 12.8 Å². The second-order valence-electron chi connectivity index (χ2n) is 8.06. The number of anilines is 2. The van der Waals surface area contributed by atoms with Gasteiger partial charge in [0.1, 0.15) is 11.6 Å². The van der Waals surface area contributed by atoms with Crippen LogP contribution in [0.1, 0.15) is 25.3 Å². The molecule has 10 heteroatoms. The standard InChI is InChI=1S/C22H24FN3O5S/c1-13-9-18-19(31-14(2)21(27)25-18)11-20(13)32(29,30)26-8-4-5-15(12-26)22(28)24-17-7-3-6-16(23)10-17/h3,6-7,9-11,14-15H,4-5,8,12H2,1-2H3,(H,24,28)(H,25,27)/t14-,15+/m1/s1. The van der Waals surface area contributed by atoms with Gasteiger partial charge in [0, 0.05) is 24.8 Å². The van der Waals surface area contributed by atoms with Crippen molar-refractivity contribution in [3.8, 4) is 5.75 Å². The minimum atomic E-state index is -3.90. The number of carbonyl (C=O) groups is 2. The molecule has 8 nitrogen and oxygen atoms in total. The second kappa shape index (κ2) is 8.51. The smallest absolute Gasteiger partial charge is 0.265 e. The van der Waals surface area contributed by atoms with E-state index in [4.69, 9.17) is 4.74 Å². The number of ether oxygens (including phenoxy) is 1. The Morgan fingerprint density at radius 1 is 1.28 bits per heavy atom. The molecular formula is C22H24FN3O5S. The Morgan fingerprint density at radius 3 is 2.81 bits per heavy atom. The third kappa shape index (κ3) is 4.33. The zero-order valence-corrected chi connectivity index (χ0v) is 18.5. The molecule has 0 spiro atoms. The molecule has 2 aromatic carbocycles. The summed E-state index contributed by atoms with van der Waals surface area (Å²) >= 11 is 0. The number of amides is 2. The summed E-state index contributed by atoms with van der Waals surface area (Å²) in [6.45, 7) is 3.54. The lowest BCUT2D eigenvalue weighted by Gasteiger charge is -2.32. The van der Waals surface area contributed by atoms with Crippen molar-refractivity contribution in [1.82, 2.24) is 4.31 Å². The van der Waals surface area contributed by atoms with Crippen molar-refractivity contribution in [2.75, 3.05) is 23.7 Å². The van der Waals surface area contributed by atoms with Crippen molar-refractivity contribution >= 4 is 33.2 Å². The van der Waals surface area contributed by atoms with Gasteiger partial charge in [0.15, 0.2) is 6.10 Å². The average molecular weight is 462 g/mol. The van der Waals surface area contributed by atoms with Crippen molar-refractivity contribution < 1.29 is 27.1 Å². The molecule has 2 heterocycles. The largest absolute Gasteiger partial charge is 0.479 e. The Kier molecular flexibility index (Phi) is 5.91. The van der Waals surface area contributed by atoms with Gasteiger partial charge in [0.2, 0.25) is 15.9 Å². The van der Waals surface area contributed by atoms with Gasteiger partial charge in [-0.1, -0.05) is 6.07 Å². The van der Waals surface area contributed by atoms with Gasteiger partial charge in [-0.2, -0.15) is 4.31 Å². The molecule has 0 unspecified atom stereocenters. The Hall–Kier alpha value is -2.98. The molecule has 1 saturated heterocycles. The molecule has 2 atom stereocenters. The van der Waals surface area contributed by atoms with E-state index in [1.165, 1.54) is 28.6 Å². The van der Waals surface area contributed by atoms with Crippen molar-refractivity contribution in [3.05, 3.63) is 47.8 Å². The molecule has 0 radical (unpaired) electrons. The molecule has 4 rings (SSSR count). The molecule has 2 aliphatic heterocycles. The van der Waals surface area contributed by atoms with E-state index < -0.39 is 27.9 Å². The maximum atomic E-state index is 13.4. The second-order valence-corrected chi connectivity index (χ2v) is 9.97. The summed E-state index contributed by atoms with van der Waals surface area (Å²) in [7, 11) is -3.90. The number of benzene rings is 2. The molecule has 2 aliphatic rings. The molecule has 2 amide bonds. The van der Waals surface area contributed by atoms with Crippen LogP contribution in [0.3, 0.4) is 0 Å². The van der Waals surface area contributed by atoms with E-state index >= 15 is 0 Å². The third-order valence-electron chi connectivity index (χ3n) is 5.67. The summed E-state index contributed by atoms with van der Waals surface area (Å²) in [5.41, 5.74) is 1.22. The van der Waals surface area contributed by atoms with Gasteiger partial charge in [0.25, 0.3) is 5.91 Å². The Morgan fingerprint density at radius 2 is 2.06 bits per heavy atom. The van der Waals surface area contributed by atoms with Crippen LogP contribution in [0.2, 0.25) is 0 Å². The molecule has 1 fully saturated rings. The third-order valence-corrected chi connectivity index (χ3v) is 7.68. The van der Waals surface area contributed by atoms with Crippen molar-refractivity contribution in [2.45, 2.75) is 37.7 Å². The van der Waals surface area contributed by atoms with E-state index in [1.807, 2.05) is 0 Å². The predicted octanol–water partition coefficient (Wildman–Crippen LogP) is 2.89. The van der Waals surface area contributed by atoms with E-state index in [0.29, 0.717) is 35.5 Å². The number of carbonyl (C=O) groups excluding carboxylic acids is 2. The fourth-order valence-corrected chi connectivity index (χ4v) is 5.69. The number of nitrogens with zero attached hydrogens (tertiary/aromatic N) is 1. The number of rotatable bonds is 4. The molecule has 170 valence electrons. The van der Waals surface area contributed by atoms with E-state index in [-0.39, 0.29) is 29.8 Å². The lowest BCUT2D eigenvalue weighted by molar-refractivity contribution is -0.123. The number of hydrogen-bond donors (Lipinski definition) is 2. The highest BCUT2D eigenvalue weighted by molar-refractivity contribution is 7.89. The summed E-state index contributed by atoms with van der Waals surface area (Å²) in [6.07, 6.45) is 0.323. The van der Waals surface area contributed by atoms with Crippen molar-refractivity contribution in [1.29, 1.82) is 0 Å². The van der Waals surface area contributed by atoms with E-state index in [0.717, 1.165) is 0 Å². The van der Waals surface area contributed by atoms with Gasteiger partial charge in [-0.15, -0.1) is 0 Å². The topological polar surface area (TPSA) is 105 Å². The molecule has 32 heavy (non-hydrogen) atoms. The highest BCUT2D eigenvalue weighted by Gasteiger charge is 2.35. The fourth-order valence-electron chi connectivity index (χ4n) is 3.95. The SMILES string of the molecule is Cc1cc2c(cc1S(=O)(=O)N1CCC[C@H](C(=O)Nc3cccc(F)c3)C1)O[C@H](C)C(=O)N2. The maximum Gasteiger partial charge on any atom is 0.265 e. The fraction of sp³-hybridized carbons (Fsp3) is 0.364. The quantitative estimate of drug-likeness (QED) is 0.729. The summed E-state index contributed by atoms with van der Waals surface area (Å²) in [5, 5.41) is 5.37. The van der Waals surface area contributed by atoms with Crippen LogP contribution in [0.4, 0.5) is 15.8 Å². The normalized spacial score (nSPS) is 21.3. The average Bonchev–Trinajstić information content (AvgIpc) is 2.74. The molecule has 2 aromatic rings. The maximum absolute atomic E-state index is 13.4. The van der Waals surface area contributed by atoms with Crippen LogP contribution in [-0.4, -0.2) is 43.7 Å². The number of aryl methyl sites for hydroxylation is 1. The molecule has 0 bridgehead atoms. The van der Waals surface area contributed by atoms with Gasteiger partial charge >= 0.3 is 0 Å². The number of sulfonamides is 1. The zero-order chi connectivity index (χ0) is 23.0. The first kappa shape index (κ1) is 22.2. The molecule has 0 aliphatic carbocycles. The minimum absolute atomic E-state index is 0.0218. The summed E-state index contributed by atoms with van der Waals surface area (Å²) in [5.74, 6) is -1.38. The van der Waals surface area contributed by atoms with Crippen LogP contribution >= 0.6 is 0 Å². The molecular weight excluding hydrogens is 437 g/mol. The summed E-state index contributed by atoms with van der Waals surface area (Å²) < 4.78 is 47.1. The van der Waals surface area contributed by atoms with Gasteiger partial charge in [0.05, 0.1) is 16.5 Å². The van der Waals surface area contributed by atoms with Crippen LogP contribution in [0.5, 0.6) is 5.75 Å². The Labute approximate surface area is 185 Å². The van der Waals surface area contributed by atoms with E-state index in [1.54, 1.807) is 26.0 Å². The van der Waals surface area contributed by atoms with Crippen LogP contribution in [0.25, 0.3) is 0 Å². The highest BCUT2D eigenvalue weighted by Crippen LogP contribution is 2.36. The molecule has 2 N–H and O–H groups in total. The summed E-state index contributed by atoms with van der Waals surface area (Å²) in [6, 6.07) is 8.56. The number of nitrogens with one attached hydrogen (secondary N) is 2. The predicted molar refractivity (Wildman–Crippen MR) is 116 cm³/mol. The van der Waals surface area contributed by atoms with E-state index in [2.05, 4.69) is 10.6 Å². The Balaban J connectivity index is 1.54. The van der Waals surface area contributed by atoms with Crippen LogP contribution < -0.4 is 15.4 Å². The number of fused-ring (bicyclic) bond motifs is 1. The van der Waals surface area contributed by atoms with Crippen LogP contribution in [-0.2, 0) is 19.6 Å². The number of hydrogen-bond acceptors (Lipinski definition) is 5. The lowest BCUT2D eigenvalue weighted by atomic mass is 9.99. The monoisotopic (exact) mass is 461 g/mol. The van der Waals surface area contributed by atoms with Crippen molar-refractivity contribution in [3.63, 3.8) is 0 Å². The van der Waals surface area contributed by atoms with Gasteiger partial charge < -0.3 is 15.4 Å². The van der Waals surface area contributed by atoms with Crippen LogP contribution in [0.15, 0.2) is 41.3 Å². The lowest BCUT2D eigenvalue weighted by Crippen LogP contribution is -2.44. The van der Waals surface area contributed by atoms with Gasteiger partial charge in [-0.05, 0) is 56.5 Å². The first-order chi connectivity index (χ1) is 15.1. The highest BCUT2D eigenvalue weighted by atomic mass is 32.2. The van der Waals surface area contributed by atoms with E-state index in [9.17, 15) is 22.4 Å². The first-order valence-electron chi connectivity index (χ1n) is 10.3. The minimum Gasteiger partial charge on any atom is -0.479 e. The van der Waals surface area contributed by atoms with Crippen molar-refractivity contribution in [2.24, 2.45) is 5.92 Å². The number of halogens is 1. The van der Waals surface area contributed by atoms with Gasteiger partial charge in [-0.3, -0.25) is 9.59 Å². The van der Waals surface area contributed by atoms with Crippen LogP contribution in [0, 0.1) is 18.7 Å². The Bertz CT molecular complexity index is 1180. The molecule has 0 saturated carbocycles. The first-order valence-corrected chi connectivity index (χ1v) is 11.8. The zero-order valence-electron chi connectivity index (χ0n) is 17.7. The summed E-state index contributed by atoms with van der Waals surface area (Å²) in [4.78, 5) is 24.6.